The van der Waals surface area contributed by atoms with Crippen LogP contribution in [0.2, 0.25) is 0 Å². The topological polar surface area (TPSA) is 119 Å². The zero-order valence-corrected chi connectivity index (χ0v) is 15.5. The molecule has 5 rings (SSSR count). The molecule has 0 spiro atoms. The zero-order chi connectivity index (χ0) is 19.8. The SMILES string of the molecule is NC1=NC2=CC=CN(c3ccc4nc(N)nc(Cc5ccccc5)c4n3)C2C=N1. The molecule has 8 heteroatoms. The molecule has 2 aliphatic heterocycles. The summed E-state index contributed by atoms with van der Waals surface area (Å²) in [5.41, 5.74) is 15.8. The van der Waals surface area contributed by atoms with Gasteiger partial charge in [-0.2, -0.15) is 0 Å². The summed E-state index contributed by atoms with van der Waals surface area (Å²) >= 11 is 0. The summed E-state index contributed by atoms with van der Waals surface area (Å²) in [5.74, 6) is 1.24. The van der Waals surface area contributed by atoms with Crippen molar-refractivity contribution in [2.45, 2.75) is 12.5 Å². The maximum absolute atomic E-state index is 5.94. The fraction of sp³-hybridized carbons (Fsp3) is 0.0952. The highest BCUT2D eigenvalue weighted by Gasteiger charge is 2.26. The first-order valence-electron chi connectivity index (χ1n) is 9.19. The maximum atomic E-state index is 5.94. The number of pyridine rings is 1. The first-order valence-corrected chi connectivity index (χ1v) is 9.19. The summed E-state index contributed by atoms with van der Waals surface area (Å²) in [6.07, 6.45) is 8.17. The average molecular weight is 382 g/mol. The molecule has 4 heterocycles. The molecule has 0 fully saturated rings. The lowest BCUT2D eigenvalue weighted by atomic mass is 10.1. The molecule has 29 heavy (non-hydrogen) atoms. The van der Waals surface area contributed by atoms with E-state index in [0.717, 1.165) is 28.3 Å². The van der Waals surface area contributed by atoms with Crippen LogP contribution in [-0.4, -0.2) is 33.2 Å². The van der Waals surface area contributed by atoms with Crippen molar-refractivity contribution in [3.8, 4) is 0 Å². The molecule has 4 N–H and O–H groups in total. The van der Waals surface area contributed by atoms with Gasteiger partial charge in [-0.25, -0.2) is 24.9 Å². The fourth-order valence-corrected chi connectivity index (χ4v) is 3.49. The number of nitrogens with zero attached hydrogens (tertiary/aromatic N) is 6. The number of guanidine groups is 1. The molecular weight excluding hydrogens is 364 g/mol. The van der Waals surface area contributed by atoms with Crippen molar-refractivity contribution in [2.24, 2.45) is 15.7 Å². The van der Waals surface area contributed by atoms with Crippen molar-refractivity contribution in [3.05, 3.63) is 77.8 Å². The predicted octanol–water partition coefficient (Wildman–Crippen LogP) is 2.18. The number of rotatable bonds is 3. The molecule has 1 unspecified atom stereocenters. The van der Waals surface area contributed by atoms with E-state index in [0.29, 0.717) is 11.9 Å². The molecule has 0 radical (unpaired) electrons. The van der Waals surface area contributed by atoms with Gasteiger partial charge in [-0.1, -0.05) is 30.3 Å². The Morgan fingerprint density at radius 2 is 1.83 bits per heavy atom. The van der Waals surface area contributed by atoms with E-state index in [9.17, 15) is 0 Å². The Morgan fingerprint density at radius 3 is 2.69 bits per heavy atom. The van der Waals surface area contributed by atoms with E-state index in [1.807, 2.05) is 53.6 Å². The quantitative estimate of drug-likeness (QED) is 0.717. The van der Waals surface area contributed by atoms with E-state index in [1.54, 1.807) is 6.21 Å². The van der Waals surface area contributed by atoms with Crippen LogP contribution in [0.1, 0.15) is 11.3 Å². The van der Waals surface area contributed by atoms with Crippen LogP contribution in [0.4, 0.5) is 11.8 Å². The van der Waals surface area contributed by atoms with Crippen molar-refractivity contribution in [1.29, 1.82) is 0 Å². The molecule has 2 aromatic heterocycles. The normalized spacial score (nSPS) is 17.8. The highest BCUT2D eigenvalue weighted by atomic mass is 15.2. The van der Waals surface area contributed by atoms with E-state index < -0.39 is 0 Å². The third-order valence-electron chi connectivity index (χ3n) is 4.80. The number of nitrogen functional groups attached to an aromatic ring is 1. The molecule has 2 aliphatic rings. The maximum Gasteiger partial charge on any atom is 0.220 e. The van der Waals surface area contributed by atoms with E-state index in [2.05, 4.69) is 32.1 Å². The van der Waals surface area contributed by atoms with Gasteiger partial charge in [-0.3, -0.25) is 0 Å². The smallest absolute Gasteiger partial charge is 0.220 e. The van der Waals surface area contributed by atoms with E-state index in [-0.39, 0.29) is 17.9 Å². The van der Waals surface area contributed by atoms with Crippen LogP contribution >= 0.6 is 0 Å². The number of hydrogen-bond donors (Lipinski definition) is 2. The minimum absolute atomic E-state index is 0.162. The minimum atomic E-state index is -0.162. The van der Waals surface area contributed by atoms with Crippen molar-refractivity contribution in [1.82, 2.24) is 15.0 Å². The van der Waals surface area contributed by atoms with Crippen LogP contribution in [0.15, 0.2) is 76.5 Å². The Morgan fingerprint density at radius 1 is 0.966 bits per heavy atom. The van der Waals surface area contributed by atoms with Gasteiger partial charge in [0.2, 0.25) is 11.9 Å². The monoisotopic (exact) mass is 382 g/mol. The second-order valence-corrected chi connectivity index (χ2v) is 6.76. The van der Waals surface area contributed by atoms with Gasteiger partial charge in [-0.05, 0) is 29.8 Å². The molecule has 0 amide bonds. The highest BCUT2D eigenvalue weighted by molar-refractivity contribution is 5.95. The number of anilines is 2. The standard InChI is InChI=1S/C21H18N8/c22-20-24-12-17-14(25-20)7-4-10-29(17)18-9-8-15-19(28-18)16(27-21(23)26-15)11-13-5-2-1-3-6-13/h1-10,12,17H,11H2,(H2,22,25)(H2,23,26,27). The van der Waals surface area contributed by atoms with Gasteiger partial charge in [0.15, 0.2) is 0 Å². The summed E-state index contributed by atoms with van der Waals surface area (Å²) in [5, 5.41) is 0. The average Bonchev–Trinajstić information content (AvgIpc) is 2.73. The van der Waals surface area contributed by atoms with Gasteiger partial charge < -0.3 is 16.4 Å². The number of nitrogens with two attached hydrogens (primary N) is 2. The Kier molecular flexibility index (Phi) is 4.02. The molecule has 0 saturated carbocycles. The molecule has 1 aromatic carbocycles. The highest BCUT2D eigenvalue weighted by Crippen LogP contribution is 2.27. The minimum Gasteiger partial charge on any atom is -0.368 e. The first-order chi connectivity index (χ1) is 14.2. The third-order valence-corrected chi connectivity index (χ3v) is 4.80. The van der Waals surface area contributed by atoms with Gasteiger partial charge >= 0.3 is 0 Å². The van der Waals surface area contributed by atoms with Crippen LogP contribution in [0, 0.1) is 0 Å². The van der Waals surface area contributed by atoms with E-state index in [1.165, 1.54) is 0 Å². The van der Waals surface area contributed by atoms with Crippen molar-refractivity contribution < 1.29 is 0 Å². The first kappa shape index (κ1) is 17.1. The summed E-state index contributed by atoms with van der Waals surface area (Å²) in [6, 6.07) is 13.8. The van der Waals surface area contributed by atoms with Crippen LogP contribution in [-0.2, 0) is 6.42 Å². The zero-order valence-electron chi connectivity index (χ0n) is 15.5. The van der Waals surface area contributed by atoms with Crippen LogP contribution in [0.5, 0.6) is 0 Å². The second-order valence-electron chi connectivity index (χ2n) is 6.76. The molecule has 142 valence electrons. The molecule has 3 aromatic rings. The molecule has 0 saturated heterocycles. The van der Waals surface area contributed by atoms with Gasteiger partial charge in [0, 0.05) is 18.8 Å². The van der Waals surface area contributed by atoms with E-state index >= 15 is 0 Å². The van der Waals surface area contributed by atoms with Gasteiger partial charge in [0.25, 0.3) is 0 Å². The Hall–Kier alpha value is -4.07. The van der Waals surface area contributed by atoms with Crippen LogP contribution < -0.4 is 16.4 Å². The Labute approximate surface area is 167 Å². The largest absolute Gasteiger partial charge is 0.368 e. The number of aromatic nitrogens is 3. The lowest BCUT2D eigenvalue weighted by Crippen LogP contribution is -2.38. The summed E-state index contributed by atoms with van der Waals surface area (Å²) < 4.78 is 0. The number of hydrogen-bond acceptors (Lipinski definition) is 8. The van der Waals surface area contributed by atoms with Crippen LogP contribution in [0.25, 0.3) is 11.0 Å². The third kappa shape index (κ3) is 3.20. The molecular formula is C21H18N8. The summed E-state index contributed by atoms with van der Waals surface area (Å²) in [4.78, 5) is 24.2. The molecule has 0 bridgehead atoms. The molecule has 8 nitrogen and oxygen atoms in total. The number of allylic oxidation sites excluding steroid dienone is 2. The van der Waals surface area contributed by atoms with Crippen molar-refractivity contribution in [2.75, 3.05) is 10.6 Å². The van der Waals surface area contributed by atoms with Gasteiger partial charge in [-0.15, -0.1) is 0 Å². The Bertz CT molecular complexity index is 1210. The summed E-state index contributed by atoms with van der Waals surface area (Å²) in [6.45, 7) is 0. The Balaban J connectivity index is 1.57. The molecule has 1 atom stereocenters. The molecule has 0 aliphatic carbocycles. The van der Waals surface area contributed by atoms with Crippen LogP contribution in [0.3, 0.4) is 0 Å². The number of aliphatic imine (C=N–C) groups is 2. The number of fused-ring (bicyclic) bond motifs is 2. The lowest BCUT2D eigenvalue weighted by Gasteiger charge is -2.31. The second kappa shape index (κ2) is 6.83. The van der Waals surface area contributed by atoms with Crippen molar-refractivity contribution >= 4 is 35.0 Å². The summed E-state index contributed by atoms with van der Waals surface area (Å²) in [7, 11) is 0. The number of benzene rings is 1. The van der Waals surface area contributed by atoms with Gasteiger partial charge in [0.05, 0.1) is 16.9 Å². The van der Waals surface area contributed by atoms with E-state index in [4.69, 9.17) is 16.5 Å². The fourth-order valence-electron chi connectivity index (χ4n) is 3.49. The van der Waals surface area contributed by atoms with Crippen molar-refractivity contribution in [3.63, 3.8) is 0 Å². The predicted molar refractivity (Wildman–Crippen MR) is 115 cm³/mol. The lowest BCUT2D eigenvalue weighted by molar-refractivity contribution is 0.877. The van der Waals surface area contributed by atoms with Gasteiger partial charge in [0.1, 0.15) is 17.4 Å².